The lowest BCUT2D eigenvalue weighted by Crippen LogP contribution is -2.29. The van der Waals surface area contributed by atoms with E-state index >= 15 is 0 Å². The average molecular weight is 483 g/mol. The zero-order valence-electron chi connectivity index (χ0n) is 20.4. The number of nitrogens with zero attached hydrogens (tertiary/aromatic N) is 3. The lowest BCUT2D eigenvalue weighted by atomic mass is 9.96. The Morgan fingerprint density at radius 1 is 0.943 bits per heavy atom. The second-order valence-corrected chi connectivity index (χ2v) is 9.81. The Bertz CT molecular complexity index is 1340. The van der Waals surface area contributed by atoms with Crippen molar-refractivity contribution in [2.24, 2.45) is 0 Å². The van der Waals surface area contributed by atoms with Crippen LogP contribution in [0.3, 0.4) is 0 Å². The zero-order chi connectivity index (χ0) is 24.7. The van der Waals surface area contributed by atoms with E-state index in [0.29, 0.717) is 11.0 Å². The first-order chi connectivity index (χ1) is 16.8. The fraction of sp³-hybridized carbons (Fsp3) is 0.241. The van der Waals surface area contributed by atoms with Crippen LogP contribution in [0.25, 0.3) is 5.69 Å². The maximum atomic E-state index is 9.78. The molecular weight excluding hydrogens is 452 g/mol. The summed E-state index contributed by atoms with van der Waals surface area (Å²) in [6, 6.07) is 24.1. The van der Waals surface area contributed by atoms with Gasteiger partial charge in [0.2, 0.25) is 0 Å². The molecule has 1 aliphatic heterocycles. The van der Waals surface area contributed by atoms with E-state index in [0.717, 1.165) is 28.5 Å². The van der Waals surface area contributed by atoms with Crippen molar-refractivity contribution >= 4 is 23.0 Å². The molecule has 1 saturated heterocycles. The Hall–Kier alpha value is -3.64. The molecule has 2 aromatic heterocycles. The number of hydrogen-bond acceptors (Lipinski definition) is 3. The number of rotatable bonds is 5. The molecule has 0 bridgehead atoms. The van der Waals surface area contributed by atoms with E-state index in [4.69, 9.17) is 12.2 Å². The normalized spacial score (nSPS) is 17.7. The molecule has 5 nitrogen and oxygen atoms in total. The Morgan fingerprint density at radius 3 is 2.26 bits per heavy atom. The van der Waals surface area contributed by atoms with Crippen LogP contribution in [0.1, 0.15) is 60.1 Å². The summed E-state index contributed by atoms with van der Waals surface area (Å²) in [6.45, 7) is 8.66. The van der Waals surface area contributed by atoms with Gasteiger partial charge in [-0.05, 0) is 97.7 Å². The topological polar surface area (TPSA) is 53.3 Å². The monoisotopic (exact) mass is 482 g/mol. The van der Waals surface area contributed by atoms with Gasteiger partial charge in [0.15, 0.2) is 5.11 Å². The van der Waals surface area contributed by atoms with Crippen molar-refractivity contribution in [2.45, 2.75) is 45.7 Å². The molecule has 178 valence electrons. The van der Waals surface area contributed by atoms with E-state index in [-0.39, 0.29) is 17.8 Å². The largest absolute Gasteiger partial charge is 0.508 e. The van der Waals surface area contributed by atoms with Crippen LogP contribution in [0.15, 0.2) is 79.0 Å². The first-order valence-electron chi connectivity index (χ1n) is 11.9. The van der Waals surface area contributed by atoms with Gasteiger partial charge in [0, 0.05) is 29.0 Å². The van der Waals surface area contributed by atoms with Gasteiger partial charge in [0.05, 0.1) is 17.8 Å². The van der Waals surface area contributed by atoms with Crippen molar-refractivity contribution in [3.05, 3.63) is 107 Å². The quantitative estimate of drug-likeness (QED) is 0.318. The third kappa shape index (κ3) is 4.19. The molecule has 2 aromatic carbocycles. The second-order valence-electron chi connectivity index (χ2n) is 9.42. The molecule has 6 heteroatoms. The Balaban J connectivity index is 1.65. The number of aromatic nitrogens is 2. The van der Waals surface area contributed by atoms with Crippen molar-refractivity contribution in [1.82, 2.24) is 14.9 Å². The highest BCUT2D eigenvalue weighted by Gasteiger charge is 2.42. The lowest BCUT2D eigenvalue weighted by Gasteiger charge is -2.28. The Morgan fingerprint density at radius 2 is 1.63 bits per heavy atom. The van der Waals surface area contributed by atoms with Crippen LogP contribution in [0.4, 0.5) is 5.69 Å². The SMILES string of the molecule is Cc1cc(C2C(c3ccccn3)NC(=S)N2c2ccc(C(C)C)cc2)c(C)n1-c1ccc(O)cc1. The van der Waals surface area contributed by atoms with Gasteiger partial charge in [0.25, 0.3) is 0 Å². The molecule has 0 saturated carbocycles. The van der Waals surface area contributed by atoms with Crippen LogP contribution in [-0.4, -0.2) is 19.8 Å². The van der Waals surface area contributed by atoms with Crippen LogP contribution in [0.5, 0.6) is 5.75 Å². The fourth-order valence-electron chi connectivity index (χ4n) is 5.05. The molecule has 3 heterocycles. The zero-order valence-corrected chi connectivity index (χ0v) is 21.3. The molecule has 5 rings (SSSR count). The molecule has 2 N–H and O–H groups in total. The Labute approximate surface area is 212 Å². The van der Waals surface area contributed by atoms with E-state index in [1.807, 2.05) is 30.5 Å². The van der Waals surface area contributed by atoms with E-state index in [1.165, 1.54) is 11.1 Å². The molecule has 2 unspecified atom stereocenters. The summed E-state index contributed by atoms with van der Waals surface area (Å²) in [5, 5.41) is 14.0. The minimum atomic E-state index is -0.0951. The first kappa shape index (κ1) is 23.1. The number of thiocarbonyl (C=S) groups is 1. The van der Waals surface area contributed by atoms with Gasteiger partial charge in [-0.15, -0.1) is 0 Å². The van der Waals surface area contributed by atoms with Crippen LogP contribution in [0, 0.1) is 13.8 Å². The molecule has 0 aliphatic carbocycles. The second kappa shape index (κ2) is 9.19. The molecule has 35 heavy (non-hydrogen) atoms. The van der Waals surface area contributed by atoms with E-state index in [1.54, 1.807) is 12.1 Å². The van der Waals surface area contributed by atoms with Gasteiger partial charge in [-0.1, -0.05) is 32.0 Å². The van der Waals surface area contributed by atoms with Crippen LogP contribution in [-0.2, 0) is 0 Å². The van der Waals surface area contributed by atoms with Gasteiger partial charge in [-0.3, -0.25) is 4.98 Å². The minimum Gasteiger partial charge on any atom is -0.508 e. The van der Waals surface area contributed by atoms with Crippen LogP contribution < -0.4 is 10.2 Å². The predicted molar refractivity (Wildman–Crippen MR) is 145 cm³/mol. The third-order valence-electron chi connectivity index (χ3n) is 6.83. The number of benzene rings is 2. The van der Waals surface area contributed by atoms with Gasteiger partial charge >= 0.3 is 0 Å². The van der Waals surface area contributed by atoms with Crippen molar-refractivity contribution < 1.29 is 5.11 Å². The Kier molecular flexibility index (Phi) is 6.07. The van der Waals surface area contributed by atoms with Gasteiger partial charge in [-0.25, -0.2) is 0 Å². The number of phenolic OH excluding ortho intramolecular Hbond substituents is 1. The highest BCUT2D eigenvalue weighted by Crippen LogP contribution is 2.44. The van der Waals surface area contributed by atoms with Gasteiger partial charge in [0.1, 0.15) is 5.75 Å². The summed E-state index contributed by atoms with van der Waals surface area (Å²) in [7, 11) is 0. The number of nitrogens with one attached hydrogen (secondary N) is 1. The van der Waals surface area contributed by atoms with Crippen LogP contribution in [0.2, 0.25) is 0 Å². The van der Waals surface area contributed by atoms with Crippen molar-refractivity contribution in [3.8, 4) is 11.4 Å². The van der Waals surface area contributed by atoms with Crippen molar-refractivity contribution in [3.63, 3.8) is 0 Å². The molecule has 4 aromatic rings. The summed E-state index contributed by atoms with van der Waals surface area (Å²) in [4.78, 5) is 6.90. The van der Waals surface area contributed by atoms with Gasteiger partial charge in [-0.2, -0.15) is 0 Å². The summed E-state index contributed by atoms with van der Waals surface area (Å²) in [5.74, 6) is 0.724. The summed E-state index contributed by atoms with van der Waals surface area (Å²) in [5.41, 5.74) is 7.77. The van der Waals surface area contributed by atoms with E-state index in [2.05, 4.69) is 83.9 Å². The maximum absolute atomic E-state index is 9.78. The number of pyridine rings is 1. The smallest absolute Gasteiger partial charge is 0.174 e. The van der Waals surface area contributed by atoms with Crippen molar-refractivity contribution in [2.75, 3.05) is 4.90 Å². The molecule has 1 aliphatic rings. The molecule has 0 amide bonds. The average Bonchev–Trinajstić information content (AvgIpc) is 3.35. The molecule has 2 atom stereocenters. The standard InChI is InChI=1S/C29H30N4OS/c1-18(2)21-8-10-23(11-9-21)33-28(27(31-29(33)35)26-7-5-6-16-30-26)25-17-19(3)32(20(25)4)22-12-14-24(34)15-13-22/h5-18,27-28,34H,1-4H3,(H,31,35). The number of hydrogen-bond donors (Lipinski definition) is 2. The molecule has 1 fully saturated rings. The van der Waals surface area contributed by atoms with Crippen molar-refractivity contribution in [1.29, 1.82) is 0 Å². The molecule has 0 spiro atoms. The highest BCUT2D eigenvalue weighted by atomic mass is 32.1. The summed E-state index contributed by atoms with van der Waals surface area (Å²) >= 11 is 5.90. The molecular formula is C29H30N4OS. The summed E-state index contributed by atoms with van der Waals surface area (Å²) in [6.07, 6.45) is 1.83. The predicted octanol–water partition coefficient (Wildman–Crippen LogP) is 6.50. The number of phenols is 1. The number of anilines is 1. The highest BCUT2D eigenvalue weighted by molar-refractivity contribution is 7.80. The summed E-state index contributed by atoms with van der Waals surface area (Å²) < 4.78 is 2.23. The van der Waals surface area contributed by atoms with E-state index < -0.39 is 0 Å². The lowest BCUT2D eigenvalue weighted by molar-refractivity contribution is 0.475. The molecule has 0 radical (unpaired) electrons. The number of aromatic hydroxyl groups is 1. The van der Waals surface area contributed by atoms with Crippen LogP contribution >= 0.6 is 12.2 Å². The number of aryl methyl sites for hydroxylation is 1. The maximum Gasteiger partial charge on any atom is 0.174 e. The first-order valence-corrected chi connectivity index (χ1v) is 12.3. The van der Waals surface area contributed by atoms with Gasteiger partial charge < -0.3 is 19.9 Å². The third-order valence-corrected chi connectivity index (χ3v) is 7.15. The fourth-order valence-corrected chi connectivity index (χ4v) is 5.40. The van der Waals surface area contributed by atoms with E-state index in [9.17, 15) is 5.11 Å². The minimum absolute atomic E-state index is 0.0700.